The number of aliphatic hydroxyl groups is 1. The first-order chi connectivity index (χ1) is 30.6. The summed E-state index contributed by atoms with van der Waals surface area (Å²) in [5, 5.41) is 11.9. The zero-order valence-electron chi connectivity index (χ0n) is 35.0. The number of carbonyl (C=O) groups is 5. The fraction of sp³-hybridized carbons (Fsp3) is 0.261. The van der Waals surface area contributed by atoms with Crippen LogP contribution >= 0.6 is 0 Å². The SMILES string of the molecule is CCC(CC)N1C(=O)c2cccc(N)c2C1=O.CCC(CC)N1C(=O)c2cccc(NN=c3c(=O)c4ccc(C(F)(F)F)cc4c3=O)c2C1=O.O=C1C=C(O)c2cc(C(F)(F)F)ccc21. The van der Waals surface area contributed by atoms with Gasteiger partial charge in [0.2, 0.25) is 10.9 Å². The second-order valence-electron chi connectivity index (χ2n) is 15.0. The molecule has 8 rings (SSSR count). The molecule has 65 heavy (non-hydrogen) atoms. The molecule has 0 bridgehead atoms. The van der Waals surface area contributed by atoms with Crippen LogP contribution in [-0.4, -0.2) is 56.4 Å². The molecule has 0 fully saturated rings. The van der Waals surface area contributed by atoms with Gasteiger partial charge in [-0.2, -0.15) is 31.4 Å². The highest BCUT2D eigenvalue weighted by Gasteiger charge is 2.42. The van der Waals surface area contributed by atoms with Crippen LogP contribution < -0.4 is 27.4 Å². The number of nitrogen functional groups attached to an aromatic ring is 1. The number of anilines is 2. The molecule has 0 unspecified atom stereocenters. The highest BCUT2D eigenvalue weighted by atomic mass is 19.4. The van der Waals surface area contributed by atoms with Crippen molar-refractivity contribution in [3.63, 3.8) is 0 Å². The summed E-state index contributed by atoms with van der Waals surface area (Å²) in [5.41, 5.74) is 6.11. The lowest BCUT2D eigenvalue weighted by molar-refractivity contribution is -0.138. The third kappa shape index (κ3) is 8.64. The molecule has 0 atom stereocenters. The Hall–Kier alpha value is -7.44. The predicted molar refractivity (Wildman–Crippen MR) is 226 cm³/mol. The van der Waals surface area contributed by atoms with Gasteiger partial charge in [0, 0.05) is 45.7 Å². The third-order valence-corrected chi connectivity index (χ3v) is 11.3. The minimum absolute atomic E-state index is 0.0400. The average molecular weight is 904 g/mol. The Balaban J connectivity index is 0.000000182. The number of nitrogens with one attached hydrogen (secondary N) is 1. The maximum Gasteiger partial charge on any atom is 0.416 e. The van der Waals surface area contributed by atoms with Gasteiger partial charge in [0.1, 0.15) is 5.76 Å². The first kappa shape index (κ1) is 47.0. The van der Waals surface area contributed by atoms with Crippen LogP contribution in [-0.2, 0) is 12.4 Å². The van der Waals surface area contributed by atoms with Crippen molar-refractivity contribution >= 4 is 57.3 Å². The normalized spacial score (nSPS) is 14.7. The average Bonchev–Trinajstić information content (AvgIpc) is 3.89. The first-order valence-electron chi connectivity index (χ1n) is 20.2. The predicted octanol–water partition coefficient (Wildman–Crippen LogP) is 8.02. The molecule has 19 heteroatoms. The molecule has 0 saturated heterocycles. The van der Waals surface area contributed by atoms with Crippen molar-refractivity contribution in [2.24, 2.45) is 5.10 Å². The maximum absolute atomic E-state index is 13.0. The van der Waals surface area contributed by atoms with E-state index in [1.807, 2.05) is 27.7 Å². The van der Waals surface area contributed by atoms with Gasteiger partial charge in [0.05, 0.1) is 39.1 Å². The molecule has 2 aliphatic heterocycles. The lowest BCUT2D eigenvalue weighted by Gasteiger charge is -2.23. The van der Waals surface area contributed by atoms with Crippen molar-refractivity contribution in [2.45, 2.75) is 77.8 Å². The van der Waals surface area contributed by atoms with Crippen LogP contribution in [0.2, 0.25) is 0 Å². The smallest absolute Gasteiger partial charge is 0.416 e. The number of carbonyl (C=O) groups excluding carboxylic acids is 5. The van der Waals surface area contributed by atoms with E-state index >= 15 is 0 Å². The Kier molecular flexibility index (Phi) is 13.0. The standard InChI is InChI=1S/C23H18F3N3O4.C13H16N2O2.C10H5F3O2/c1-3-12(4-2)29-21(32)14-6-5-7-16(17(14)22(29)33)27-28-18-19(30)13-9-8-11(23(24,25)26)10-15(13)20(18)31;1-3-8(4-2)15-12(16)9-6-5-7-10(14)11(9)13(15)17;11-10(12,13)5-1-2-6-7(3-5)9(15)4-8(6)14/h5-10,12,27H,3-4H2,1-2H3;5-8H,3-4,14H2,1-2H3;1-4,15H. The number of fused-ring (bicyclic) bond motifs is 4. The van der Waals surface area contributed by atoms with Crippen LogP contribution in [0.5, 0.6) is 0 Å². The number of nitrogens with two attached hydrogens (primary N) is 1. The second kappa shape index (κ2) is 18.0. The van der Waals surface area contributed by atoms with Gasteiger partial charge in [-0.3, -0.25) is 48.8 Å². The fourth-order valence-corrected chi connectivity index (χ4v) is 7.81. The van der Waals surface area contributed by atoms with Crippen molar-refractivity contribution in [2.75, 3.05) is 11.2 Å². The van der Waals surface area contributed by atoms with Crippen LogP contribution in [0.25, 0.3) is 16.5 Å². The Morgan fingerprint density at radius 3 is 1.63 bits per heavy atom. The van der Waals surface area contributed by atoms with Crippen LogP contribution in [0.1, 0.15) is 122 Å². The summed E-state index contributed by atoms with van der Waals surface area (Å²) < 4.78 is 75.8. The van der Waals surface area contributed by atoms with E-state index in [1.165, 1.54) is 28.0 Å². The number of aliphatic hydroxyl groups excluding tert-OH is 1. The number of hydrogen-bond acceptors (Lipinski definition) is 11. The zero-order chi connectivity index (χ0) is 47.9. The van der Waals surface area contributed by atoms with Crippen LogP contribution in [0.4, 0.5) is 37.7 Å². The van der Waals surface area contributed by atoms with E-state index in [4.69, 9.17) is 5.73 Å². The van der Waals surface area contributed by atoms with E-state index in [0.717, 1.165) is 49.2 Å². The molecule has 2 heterocycles. The molecule has 0 spiro atoms. The van der Waals surface area contributed by atoms with Gasteiger partial charge in [-0.05, 0) is 86.3 Å². The van der Waals surface area contributed by atoms with Crippen LogP contribution in [0.3, 0.4) is 0 Å². The van der Waals surface area contributed by atoms with Gasteiger partial charge in [0.15, 0.2) is 11.1 Å². The maximum atomic E-state index is 13.0. The zero-order valence-corrected chi connectivity index (χ0v) is 35.0. The Morgan fingerprint density at radius 1 is 0.600 bits per heavy atom. The van der Waals surface area contributed by atoms with Crippen molar-refractivity contribution < 1.29 is 55.4 Å². The van der Waals surface area contributed by atoms with E-state index in [0.29, 0.717) is 35.7 Å². The summed E-state index contributed by atoms with van der Waals surface area (Å²) in [6.07, 6.45) is -5.55. The lowest BCUT2D eigenvalue weighted by atomic mass is 10.0. The first-order valence-corrected chi connectivity index (χ1v) is 20.2. The lowest BCUT2D eigenvalue weighted by Crippen LogP contribution is -2.39. The highest BCUT2D eigenvalue weighted by molar-refractivity contribution is 6.24. The third-order valence-electron chi connectivity index (χ3n) is 11.3. The molecule has 1 aliphatic carbocycles. The molecule has 0 aromatic heterocycles. The van der Waals surface area contributed by atoms with E-state index in [2.05, 4.69) is 10.5 Å². The number of amides is 4. The molecule has 4 amide bonds. The summed E-state index contributed by atoms with van der Waals surface area (Å²) in [6, 6.07) is 14.1. The van der Waals surface area contributed by atoms with E-state index in [9.17, 15) is 65.0 Å². The molecule has 0 saturated carbocycles. The minimum Gasteiger partial charge on any atom is -0.507 e. The molecule has 13 nitrogen and oxygen atoms in total. The number of imide groups is 2. The summed E-state index contributed by atoms with van der Waals surface area (Å²) >= 11 is 0. The Morgan fingerprint density at radius 2 is 1.09 bits per heavy atom. The largest absolute Gasteiger partial charge is 0.507 e. The van der Waals surface area contributed by atoms with Crippen molar-refractivity contribution in [3.8, 4) is 0 Å². The number of rotatable bonds is 8. The van der Waals surface area contributed by atoms with Gasteiger partial charge in [-0.15, -0.1) is 0 Å². The summed E-state index contributed by atoms with van der Waals surface area (Å²) in [5.74, 6) is -2.32. The molecule has 5 aromatic carbocycles. The highest BCUT2D eigenvalue weighted by Crippen LogP contribution is 2.36. The van der Waals surface area contributed by atoms with Crippen LogP contribution in [0, 0.1) is 0 Å². The molecular formula is C46H39F6N5O8. The van der Waals surface area contributed by atoms with Gasteiger partial charge >= 0.3 is 12.4 Å². The van der Waals surface area contributed by atoms with Gasteiger partial charge in [-0.25, -0.2) is 0 Å². The minimum atomic E-state index is -4.67. The quantitative estimate of drug-likeness (QED) is 0.0594. The Bertz CT molecular complexity index is 2980. The van der Waals surface area contributed by atoms with Crippen molar-refractivity contribution in [1.29, 1.82) is 0 Å². The molecule has 4 N–H and O–H groups in total. The van der Waals surface area contributed by atoms with Gasteiger partial charge in [0.25, 0.3) is 23.6 Å². The van der Waals surface area contributed by atoms with Gasteiger partial charge < -0.3 is 10.8 Å². The monoisotopic (exact) mass is 903 g/mol. The topological polar surface area (TPSA) is 197 Å². The van der Waals surface area contributed by atoms with Crippen LogP contribution in [0.15, 0.2) is 93.6 Å². The molecule has 0 radical (unpaired) electrons. The molecule has 3 aliphatic rings. The van der Waals surface area contributed by atoms with Crippen molar-refractivity contribution in [1.82, 2.24) is 9.80 Å². The number of alkyl halides is 6. The summed E-state index contributed by atoms with van der Waals surface area (Å²) in [6.45, 7) is 7.67. The number of ketones is 1. The summed E-state index contributed by atoms with van der Waals surface area (Å²) in [7, 11) is 0. The van der Waals surface area contributed by atoms with E-state index < -0.39 is 63.1 Å². The number of allylic oxidation sites excluding steroid dienone is 1. The second-order valence-corrected chi connectivity index (χ2v) is 15.0. The van der Waals surface area contributed by atoms with Crippen molar-refractivity contribution in [3.05, 3.63) is 149 Å². The molecular weight excluding hydrogens is 865 g/mol. The van der Waals surface area contributed by atoms with E-state index in [-0.39, 0.29) is 62.6 Å². The van der Waals surface area contributed by atoms with Gasteiger partial charge in [-0.1, -0.05) is 39.8 Å². The number of hydrogen-bond donors (Lipinski definition) is 3. The molecule has 338 valence electrons. The van der Waals surface area contributed by atoms with E-state index in [1.54, 1.807) is 18.2 Å². The number of nitrogens with zero attached hydrogens (tertiary/aromatic N) is 3. The Labute approximate surface area is 365 Å². The number of benzene rings is 4. The summed E-state index contributed by atoms with van der Waals surface area (Å²) in [4.78, 5) is 89.0. The fourth-order valence-electron chi connectivity index (χ4n) is 7.81. The number of halogens is 6. The molecule has 5 aromatic rings.